The molecule has 1 aromatic carbocycles. The summed E-state index contributed by atoms with van der Waals surface area (Å²) in [6.07, 6.45) is 1.42. The Bertz CT molecular complexity index is 302. The number of nitrogens with one attached hydrogen (secondary N) is 2. The van der Waals surface area contributed by atoms with E-state index in [0.29, 0.717) is 6.04 Å². The first-order valence-electron chi connectivity index (χ1n) is 5.91. The summed E-state index contributed by atoms with van der Waals surface area (Å²) in [4.78, 5) is 0. The van der Waals surface area contributed by atoms with Crippen molar-refractivity contribution in [2.24, 2.45) is 0 Å². The van der Waals surface area contributed by atoms with E-state index < -0.39 is 0 Å². The maximum atomic E-state index is 5.47. The molecule has 0 saturated carbocycles. The summed E-state index contributed by atoms with van der Waals surface area (Å²) < 4.78 is 5.47. The fourth-order valence-electron chi connectivity index (χ4n) is 2.16. The number of methoxy groups -OCH3 is 1. The van der Waals surface area contributed by atoms with Crippen molar-refractivity contribution in [2.45, 2.75) is 25.1 Å². The molecule has 2 rings (SSSR count). The van der Waals surface area contributed by atoms with Gasteiger partial charge in [0.2, 0.25) is 0 Å². The van der Waals surface area contributed by atoms with Crippen LogP contribution in [0.5, 0.6) is 0 Å². The van der Waals surface area contributed by atoms with Crippen LogP contribution in [0.1, 0.15) is 12.0 Å². The minimum absolute atomic E-state index is 0.289. The van der Waals surface area contributed by atoms with Crippen molar-refractivity contribution in [3.63, 3.8) is 0 Å². The van der Waals surface area contributed by atoms with E-state index in [1.165, 1.54) is 5.56 Å². The van der Waals surface area contributed by atoms with Crippen LogP contribution in [0.15, 0.2) is 30.3 Å². The van der Waals surface area contributed by atoms with Crippen LogP contribution in [0.4, 0.5) is 0 Å². The molecule has 0 amide bonds. The highest BCUT2D eigenvalue weighted by molar-refractivity contribution is 5.14. The molecule has 3 heteroatoms. The Morgan fingerprint density at radius 2 is 2.19 bits per heavy atom. The number of hydrogen-bond acceptors (Lipinski definition) is 3. The van der Waals surface area contributed by atoms with E-state index in [4.69, 9.17) is 4.74 Å². The second-order valence-electron chi connectivity index (χ2n) is 4.24. The molecule has 2 unspecified atom stereocenters. The average Bonchev–Trinajstić information content (AvgIpc) is 2.38. The van der Waals surface area contributed by atoms with Gasteiger partial charge in [-0.25, -0.2) is 0 Å². The fourth-order valence-corrected chi connectivity index (χ4v) is 2.16. The van der Waals surface area contributed by atoms with Crippen molar-refractivity contribution in [3.8, 4) is 0 Å². The average molecular weight is 220 g/mol. The summed E-state index contributed by atoms with van der Waals surface area (Å²) >= 11 is 0. The lowest BCUT2D eigenvalue weighted by atomic mass is 10.0. The minimum Gasteiger partial charge on any atom is -0.379 e. The number of rotatable bonds is 4. The molecule has 1 heterocycles. The van der Waals surface area contributed by atoms with Crippen LogP contribution in [-0.4, -0.2) is 32.3 Å². The largest absolute Gasteiger partial charge is 0.379 e. The summed E-state index contributed by atoms with van der Waals surface area (Å²) in [5.41, 5.74) is 1.33. The van der Waals surface area contributed by atoms with E-state index in [1.54, 1.807) is 7.11 Å². The van der Waals surface area contributed by atoms with Gasteiger partial charge in [0.1, 0.15) is 0 Å². The Balaban J connectivity index is 1.84. The first-order valence-corrected chi connectivity index (χ1v) is 5.91. The maximum absolute atomic E-state index is 5.47. The van der Waals surface area contributed by atoms with Gasteiger partial charge in [0.25, 0.3) is 0 Å². The number of hydrogen-bond donors (Lipinski definition) is 2. The highest BCUT2D eigenvalue weighted by Gasteiger charge is 2.23. The first-order chi connectivity index (χ1) is 7.90. The molecule has 0 spiro atoms. The number of ether oxygens (including phenoxy) is 1. The van der Waals surface area contributed by atoms with Crippen molar-refractivity contribution in [3.05, 3.63) is 35.9 Å². The Morgan fingerprint density at radius 1 is 1.38 bits per heavy atom. The third-order valence-electron chi connectivity index (χ3n) is 3.14. The molecule has 1 aromatic rings. The number of piperidine rings is 1. The molecule has 1 aliphatic rings. The van der Waals surface area contributed by atoms with Gasteiger partial charge in [-0.3, -0.25) is 0 Å². The van der Waals surface area contributed by atoms with E-state index in [0.717, 1.165) is 26.1 Å². The Morgan fingerprint density at radius 3 is 2.94 bits per heavy atom. The van der Waals surface area contributed by atoms with Crippen LogP contribution < -0.4 is 10.6 Å². The Kier molecular flexibility index (Phi) is 4.34. The lowest BCUT2D eigenvalue weighted by Gasteiger charge is -2.31. The maximum Gasteiger partial charge on any atom is 0.0848 e. The molecule has 1 aliphatic heterocycles. The highest BCUT2D eigenvalue weighted by Crippen LogP contribution is 2.08. The zero-order valence-electron chi connectivity index (χ0n) is 9.78. The zero-order chi connectivity index (χ0) is 11.2. The fraction of sp³-hybridized carbons (Fsp3) is 0.538. The molecule has 1 saturated heterocycles. The quantitative estimate of drug-likeness (QED) is 0.798. The molecule has 0 radical (unpaired) electrons. The van der Waals surface area contributed by atoms with E-state index in [2.05, 4.69) is 34.9 Å². The molecular formula is C13H20N2O. The third-order valence-corrected chi connectivity index (χ3v) is 3.14. The lowest BCUT2D eigenvalue weighted by Crippen LogP contribution is -2.51. The van der Waals surface area contributed by atoms with Crippen LogP contribution in [-0.2, 0) is 11.3 Å². The lowest BCUT2D eigenvalue weighted by molar-refractivity contribution is 0.0512. The van der Waals surface area contributed by atoms with E-state index in [9.17, 15) is 0 Å². The molecular weight excluding hydrogens is 200 g/mol. The normalized spacial score (nSPS) is 25.6. The first kappa shape index (κ1) is 11.6. The molecule has 1 fully saturated rings. The summed E-state index contributed by atoms with van der Waals surface area (Å²) in [7, 11) is 1.79. The van der Waals surface area contributed by atoms with E-state index in [1.807, 2.05) is 6.07 Å². The second kappa shape index (κ2) is 5.99. The van der Waals surface area contributed by atoms with Crippen molar-refractivity contribution in [1.82, 2.24) is 10.6 Å². The minimum atomic E-state index is 0.289. The van der Waals surface area contributed by atoms with Gasteiger partial charge in [-0.05, 0) is 18.5 Å². The monoisotopic (exact) mass is 220 g/mol. The second-order valence-corrected chi connectivity index (χ2v) is 4.24. The Hall–Kier alpha value is -0.900. The van der Waals surface area contributed by atoms with Gasteiger partial charge in [0.05, 0.1) is 6.10 Å². The van der Waals surface area contributed by atoms with Crippen molar-refractivity contribution in [1.29, 1.82) is 0 Å². The summed E-state index contributed by atoms with van der Waals surface area (Å²) in [5.74, 6) is 0. The van der Waals surface area contributed by atoms with Gasteiger partial charge in [0.15, 0.2) is 0 Å². The topological polar surface area (TPSA) is 33.3 Å². The molecule has 0 aromatic heterocycles. The van der Waals surface area contributed by atoms with Gasteiger partial charge in [-0.2, -0.15) is 0 Å². The van der Waals surface area contributed by atoms with Gasteiger partial charge < -0.3 is 15.4 Å². The smallest absolute Gasteiger partial charge is 0.0848 e. The molecule has 2 N–H and O–H groups in total. The van der Waals surface area contributed by atoms with Gasteiger partial charge in [0, 0.05) is 26.2 Å². The Labute approximate surface area is 97.2 Å². The van der Waals surface area contributed by atoms with Crippen molar-refractivity contribution >= 4 is 0 Å². The van der Waals surface area contributed by atoms with Gasteiger partial charge in [-0.1, -0.05) is 30.3 Å². The molecule has 88 valence electrons. The predicted octanol–water partition coefficient (Wildman–Crippen LogP) is 1.15. The van der Waals surface area contributed by atoms with Gasteiger partial charge >= 0.3 is 0 Å². The molecule has 0 aliphatic carbocycles. The van der Waals surface area contributed by atoms with Crippen LogP contribution in [0.25, 0.3) is 0 Å². The van der Waals surface area contributed by atoms with Crippen molar-refractivity contribution < 1.29 is 4.74 Å². The van der Waals surface area contributed by atoms with E-state index in [-0.39, 0.29) is 6.10 Å². The zero-order valence-corrected chi connectivity index (χ0v) is 9.78. The molecule has 0 bridgehead atoms. The molecule has 3 nitrogen and oxygen atoms in total. The third kappa shape index (κ3) is 3.04. The van der Waals surface area contributed by atoms with Gasteiger partial charge in [-0.15, -0.1) is 0 Å². The van der Waals surface area contributed by atoms with Crippen molar-refractivity contribution in [2.75, 3.05) is 20.2 Å². The summed E-state index contributed by atoms with van der Waals surface area (Å²) in [6, 6.07) is 11.0. The number of benzene rings is 1. The van der Waals surface area contributed by atoms with E-state index >= 15 is 0 Å². The van der Waals surface area contributed by atoms with Crippen LogP contribution in [0.3, 0.4) is 0 Å². The standard InChI is InChI=1S/C13H20N2O/c1-16-13-10-14-8-7-12(13)15-9-11-5-3-2-4-6-11/h2-6,12-15H,7-10H2,1H3. The SMILES string of the molecule is COC1CNCCC1NCc1ccccc1. The predicted molar refractivity (Wildman–Crippen MR) is 65.4 cm³/mol. The molecule has 16 heavy (non-hydrogen) atoms. The van der Waals surface area contributed by atoms with Crippen LogP contribution in [0.2, 0.25) is 0 Å². The van der Waals surface area contributed by atoms with Crippen LogP contribution >= 0.6 is 0 Å². The highest BCUT2D eigenvalue weighted by atomic mass is 16.5. The summed E-state index contributed by atoms with van der Waals surface area (Å²) in [6.45, 7) is 2.95. The van der Waals surface area contributed by atoms with Crippen LogP contribution in [0, 0.1) is 0 Å². The molecule has 2 atom stereocenters. The summed E-state index contributed by atoms with van der Waals surface area (Å²) in [5, 5.41) is 6.92.